The van der Waals surface area contributed by atoms with Gasteiger partial charge < -0.3 is 15.8 Å². The third-order valence-electron chi connectivity index (χ3n) is 2.21. The number of pyridine rings is 1. The first-order chi connectivity index (χ1) is 8.04. The first kappa shape index (κ1) is 13.9. The highest BCUT2D eigenvalue weighted by atomic mass is 79.9. The second-order valence-electron chi connectivity index (χ2n) is 3.55. The van der Waals surface area contributed by atoms with Crippen molar-refractivity contribution in [2.45, 2.75) is 26.4 Å². The lowest BCUT2D eigenvalue weighted by molar-refractivity contribution is -0.145. The van der Waals surface area contributed by atoms with Crippen LogP contribution >= 0.6 is 15.9 Å². The Bertz CT molecular complexity index is 398. The average molecular weight is 302 g/mol. The Labute approximate surface area is 109 Å². The number of nitrogens with zero attached hydrogens (tertiary/aromatic N) is 1. The molecule has 1 heterocycles. The van der Waals surface area contributed by atoms with Gasteiger partial charge in [0.2, 0.25) is 0 Å². The van der Waals surface area contributed by atoms with Crippen LogP contribution in [0.3, 0.4) is 0 Å². The lowest BCUT2D eigenvalue weighted by Crippen LogP contribution is -2.35. The number of esters is 1. The van der Waals surface area contributed by atoms with E-state index in [1.54, 1.807) is 20.0 Å². The number of rotatable bonds is 5. The Morgan fingerprint density at radius 1 is 1.71 bits per heavy atom. The van der Waals surface area contributed by atoms with E-state index in [0.29, 0.717) is 19.0 Å². The molecule has 6 heteroatoms. The quantitative estimate of drug-likeness (QED) is 0.805. The predicted molar refractivity (Wildman–Crippen MR) is 69.3 cm³/mol. The Hall–Kier alpha value is -1.14. The van der Waals surface area contributed by atoms with E-state index < -0.39 is 0 Å². The van der Waals surface area contributed by atoms with Crippen molar-refractivity contribution in [3.8, 4) is 0 Å². The number of ether oxygens (including phenoxy) is 1. The van der Waals surface area contributed by atoms with Gasteiger partial charge in [-0.25, -0.2) is 4.98 Å². The normalized spacial score (nSPS) is 12.2. The third-order valence-corrected chi connectivity index (χ3v) is 2.64. The van der Waals surface area contributed by atoms with Gasteiger partial charge in [0.15, 0.2) is 0 Å². The molecule has 0 aliphatic rings. The molecule has 1 aromatic rings. The molecule has 94 valence electrons. The first-order valence-electron chi connectivity index (χ1n) is 5.34. The van der Waals surface area contributed by atoms with Gasteiger partial charge in [-0.15, -0.1) is 0 Å². The van der Waals surface area contributed by atoms with E-state index >= 15 is 0 Å². The average Bonchev–Trinajstić information content (AvgIpc) is 2.30. The highest BCUT2D eigenvalue weighted by Crippen LogP contribution is 2.15. The van der Waals surface area contributed by atoms with Gasteiger partial charge in [-0.1, -0.05) is 0 Å². The predicted octanol–water partition coefficient (Wildman–Crippen LogP) is 1.47. The minimum absolute atomic E-state index is 0.269. The molecule has 1 unspecified atom stereocenters. The summed E-state index contributed by atoms with van der Waals surface area (Å²) in [6, 6.07) is 1.50. The van der Waals surface area contributed by atoms with Gasteiger partial charge >= 0.3 is 5.97 Å². The topological polar surface area (TPSA) is 77.2 Å². The van der Waals surface area contributed by atoms with Crippen molar-refractivity contribution in [1.82, 2.24) is 10.3 Å². The zero-order valence-corrected chi connectivity index (χ0v) is 11.5. The molecule has 5 nitrogen and oxygen atoms in total. The minimum atomic E-state index is -0.367. The fourth-order valence-corrected chi connectivity index (χ4v) is 1.63. The van der Waals surface area contributed by atoms with Gasteiger partial charge in [-0.05, 0) is 35.8 Å². The van der Waals surface area contributed by atoms with Crippen molar-refractivity contribution < 1.29 is 9.53 Å². The summed E-state index contributed by atoms with van der Waals surface area (Å²) in [5.41, 5.74) is 6.57. The fourth-order valence-electron chi connectivity index (χ4n) is 1.25. The standard InChI is InChI=1S/C11H16BrN3O2/c1-3-17-11(16)7(2)14-5-8-4-9(12)6-15-10(8)13/h4,6-7,14H,3,5H2,1-2H3,(H2,13,15). The van der Waals surface area contributed by atoms with Crippen molar-refractivity contribution in [3.05, 3.63) is 22.3 Å². The van der Waals surface area contributed by atoms with E-state index in [1.807, 2.05) is 6.07 Å². The van der Waals surface area contributed by atoms with Crippen LogP contribution in [0.15, 0.2) is 16.7 Å². The molecule has 17 heavy (non-hydrogen) atoms. The zero-order valence-electron chi connectivity index (χ0n) is 9.87. The number of nitrogens with one attached hydrogen (secondary N) is 1. The van der Waals surface area contributed by atoms with Crippen LogP contribution in [0.5, 0.6) is 0 Å². The molecule has 0 saturated heterocycles. The van der Waals surface area contributed by atoms with Gasteiger partial charge in [0, 0.05) is 22.8 Å². The summed E-state index contributed by atoms with van der Waals surface area (Å²) in [6.45, 7) is 4.38. The van der Waals surface area contributed by atoms with Crippen LogP contribution in [-0.2, 0) is 16.1 Å². The summed E-state index contributed by atoms with van der Waals surface area (Å²) in [4.78, 5) is 15.4. The Morgan fingerprint density at radius 3 is 3.06 bits per heavy atom. The Morgan fingerprint density at radius 2 is 2.41 bits per heavy atom. The van der Waals surface area contributed by atoms with Crippen LogP contribution in [-0.4, -0.2) is 23.6 Å². The summed E-state index contributed by atoms with van der Waals surface area (Å²) >= 11 is 3.32. The minimum Gasteiger partial charge on any atom is -0.465 e. The number of hydrogen-bond donors (Lipinski definition) is 2. The maximum absolute atomic E-state index is 11.4. The lowest BCUT2D eigenvalue weighted by atomic mass is 10.2. The molecule has 0 spiro atoms. The molecule has 1 aromatic heterocycles. The maximum atomic E-state index is 11.4. The molecular formula is C11H16BrN3O2. The zero-order chi connectivity index (χ0) is 12.8. The largest absolute Gasteiger partial charge is 0.465 e. The molecule has 0 radical (unpaired) electrons. The number of anilines is 1. The smallest absolute Gasteiger partial charge is 0.322 e. The van der Waals surface area contributed by atoms with Gasteiger partial charge in [0.25, 0.3) is 0 Å². The van der Waals surface area contributed by atoms with Gasteiger partial charge in [0.1, 0.15) is 11.9 Å². The van der Waals surface area contributed by atoms with Crippen LogP contribution in [0.25, 0.3) is 0 Å². The Kier molecular flexibility index (Phi) is 5.37. The number of nitrogen functional groups attached to an aromatic ring is 1. The van der Waals surface area contributed by atoms with Crippen LogP contribution in [0.4, 0.5) is 5.82 Å². The van der Waals surface area contributed by atoms with Gasteiger partial charge in [-0.2, -0.15) is 0 Å². The molecule has 3 N–H and O–H groups in total. The van der Waals surface area contributed by atoms with E-state index in [4.69, 9.17) is 10.5 Å². The highest BCUT2D eigenvalue weighted by molar-refractivity contribution is 9.10. The molecule has 0 fully saturated rings. The maximum Gasteiger partial charge on any atom is 0.322 e. The summed E-state index contributed by atoms with van der Waals surface area (Å²) in [5, 5.41) is 3.04. The monoisotopic (exact) mass is 301 g/mol. The van der Waals surface area contributed by atoms with Crippen molar-refractivity contribution in [2.24, 2.45) is 0 Å². The van der Waals surface area contributed by atoms with E-state index in [0.717, 1.165) is 10.0 Å². The molecule has 0 aliphatic heterocycles. The fraction of sp³-hybridized carbons (Fsp3) is 0.455. The van der Waals surface area contributed by atoms with Crippen LogP contribution in [0.1, 0.15) is 19.4 Å². The molecular weight excluding hydrogens is 286 g/mol. The molecule has 1 atom stereocenters. The van der Waals surface area contributed by atoms with Crippen LogP contribution in [0.2, 0.25) is 0 Å². The summed E-state index contributed by atoms with van der Waals surface area (Å²) < 4.78 is 5.74. The molecule has 1 rings (SSSR count). The molecule has 0 bridgehead atoms. The van der Waals surface area contributed by atoms with Crippen LogP contribution < -0.4 is 11.1 Å². The highest BCUT2D eigenvalue weighted by Gasteiger charge is 2.13. The number of aromatic nitrogens is 1. The number of hydrogen-bond acceptors (Lipinski definition) is 5. The van der Waals surface area contributed by atoms with E-state index in [9.17, 15) is 4.79 Å². The third kappa shape index (κ3) is 4.32. The van der Waals surface area contributed by atoms with E-state index in [-0.39, 0.29) is 12.0 Å². The first-order valence-corrected chi connectivity index (χ1v) is 6.13. The molecule has 0 amide bonds. The van der Waals surface area contributed by atoms with Gasteiger partial charge in [-0.3, -0.25) is 4.79 Å². The second-order valence-corrected chi connectivity index (χ2v) is 4.47. The number of carbonyl (C=O) groups is 1. The van der Waals surface area contributed by atoms with Crippen LogP contribution in [0, 0.1) is 0 Å². The molecule has 0 aliphatic carbocycles. The summed E-state index contributed by atoms with van der Waals surface area (Å²) in [5.74, 6) is 0.186. The van der Waals surface area contributed by atoms with E-state index in [2.05, 4.69) is 26.2 Å². The van der Waals surface area contributed by atoms with Crippen molar-refractivity contribution >= 4 is 27.7 Å². The molecule has 0 aromatic carbocycles. The van der Waals surface area contributed by atoms with Gasteiger partial charge in [0.05, 0.1) is 6.61 Å². The summed E-state index contributed by atoms with van der Waals surface area (Å²) in [6.07, 6.45) is 1.63. The van der Waals surface area contributed by atoms with Crippen molar-refractivity contribution in [1.29, 1.82) is 0 Å². The van der Waals surface area contributed by atoms with Crippen molar-refractivity contribution in [2.75, 3.05) is 12.3 Å². The lowest BCUT2D eigenvalue weighted by Gasteiger charge is -2.13. The number of halogens is 1. The molecule has 0 saturated carbocycles. The number of nitrogens with two attached hydrogens (primary N) is 1. The summed E-state index contributed by atoms with van der Waals surface area (Å²) in [7, 11) is 0. The Balaban J connectivity index is 2.55. The second kappa shape index (κ2) is 6.56. The number of carbonyl (C=O) groups excluding carboxylic acids is 1. The SMILES string of the molecule is CCOC(=O)C(C)NCc1cc(Br)cnc1N. The van der Waals surface area contributed by atoms with Crippen molar-refractivity contribution in [3.63, 3.8) is 0 Å². The van der Waals surface area contributed by atoms with E-state index in [1.165, 1.54) is 0 Å².